The van der Waals surface area contributed by atoms with Gasteiger partial charge >= 0.3 is 0 Å². The third-order valence-electron chi connectivity index (χ3n) is 18.8. The van der Waals surface area contributed by atoms with Crippen LogP contribution in [-0.4, -0.2) is 0 Å². The highest BCUT2D eigenvalue weighted by molar-refractivity contribution is 7.25. The van der Waals surface area contributed by atoms with E-state index in [0.29, 0.717) is 0 Å². The molecule has 5 heteroatoms. The number of thiophene rings is 1. The van der Waals surface area contributed by atoms with Gasteiger partial charge in [-0.05, 0) is 163 Å². The summed E-state index contributed by atoms with van der Waals surface area (Å²) in [5.74, 6) is 0. The van der Waals surface area contributed by atoms with E-state index in [0.717, 1.165) is 106 Å². The monoisotopic (exact) mass is 1160 g/mol. The highest BCUT2D eigenvalue weighted by Gasteiger charge is 2.51. The van der Waals surface area contributed by atoms with E-state index in [4.69, 9.17) is 8.83 Å². The van der Waals surface area contributed by atoms with Crippen LogP contribution in [0.15, 0.2) is 239 Å². The largest absolute Gasteiger partial charge is 0.455 e. The van der Waals surface area contributed by atoms with Crippen LogP contribution in [-0.2, 0) is 27.1 Å². The summed E-state index contributed by atoms with van der Waals surface area (Å²) in [5.41, 5.74) is 20.2. The molecule has 1 aliphatic carbocycles. The van der Waals surface area contributed by atoms with Crippen LogP contribution in [0.5, 0.6) is 0 Å². The van der Waals surface area contributed by atoms with Gasteiger partial charge in [-0.25, -0.2) is 0 Å². The maximum absolute atomic E-state index is 7.69. The zero-order chi connectivity index (χ0) is 60.8. The molecule has 0 aliphatic heterocycles. The molecule has 0 N–H and O–H groups in total. The fourth-order valence-corrected chi connectivity index (χ4v) is 15.1. The van der Waals surface area contributed by atoms with Crippen LogP contribution in [0.3, 0.4) is 0 Å². The molecule has 0 amide bonds. The Hall–Kier alpha value is -9.16. The molecule has 11 aromatic carbocycles. The predicted molar refractivity (Wildman–Crippen MR) is 375 cm³/mol. The van der Waals surface area contributed by atoms with E-state index in [-0.39, 0.29) is 21.7 Å². The number of anilines is 6. The summed E-state index contributed by atoms with van der Waals surface area (Å²) in [5, 5.41) is 6.72. The molecule has 3 heterocycles. The Kier molecular flexibility index (Phi) is 12.6. The van der Waals surface area contributed by atoms with Crippen molar-refractivity contribution in [3.05, 3.63) is 275 Å². The molecule has 88 heavy (non-hydrogen) atoms. The van der Waals surface area contributed by atoms with Crippen molar-refractivity contribution in [2.75, 3.05) is 9.80 Å². The molecule has 1 aliphatic rings. The summed E-state index contributed by atoms with van der Waals surface area (Å²) in [6.07, 6.45) is 0. The van der Waals surface area contributed by atoms with Crippen molar-refractivity contribution in [3.8, 4) is 11.1 Å². The maximum atomic E-state index is 7.69. The Morgan fingerprint density at radius 3 is 1.25 bits per heavy atom. The SMILES string of the molecule is CC(C)(C)c1ccc(N(c2ccccc2)c2cc3c(c4c2oc2ccccc24)-c2c(cc(N(c4ccccc4)c4ccc(C(C)(C)C)cc4)c4c2oc2ccccc24)C3(c2ccc(C(C)(C)C)cc2)c2ccc3sc4ccc(C(C)(C)C)cc4c3c2)cc1. The summed E-state index contributed by atoms with van der Waals surface area (Å²) in [7, 11) is 0. The number of fused-ring (bicyclic) bond motifs is 14. The molecule has 1 atom stereocenters. The van der Waals surface area contributed by atoms with E-state index < -0.39 is 5.41 Å². The van der Waals surface area contributed by atoms with Gasteiger partial charge in [-0.1, -0.05) is 217 Å². The lowest BCUT2D eigenvalue weighted by molar-refractivity contribution is 0.589. The highest BCUT2D eigenvalue weighted by Crippen LogP contribution is 2.65. The number of hydrogen-bond donors (Lipinski definition) is 0. The van der Waals surface area contributed by atoms with Crippen LogP contribution in [0.25, 0.3) is 75.2 Å². The molecular formula is C83H74N2O2S. The molecule has 0 saturated heterocycles. The first-order valence-corrected chi connectivity index (χ1v) is 32.0. The smallest absolute Gasteiger partial charge is 0.160 e. The first kappa shape index (κ1) is 55.4. The molecule has 0 fully saturated rings. The fourth-order valence-electron chi connectivity index (χ4n) is 14.1. The molecule has 0 radical (unpaired) electrons. The van der Waals surface area contributed by atoms with Gasteiger partial charge < -0.3 is 18.6 Å². The summed E-state index contributed by atoms with van der Waals surface area (Å²) in [4.78, 5) is 4.90. The molecule has 3 aromatic heterocycles. The Bertz CT molecular complexity index is 5040. The fraction of sp³-hybridized carbons (Fsp3) is 0.205. The summed E-state index contributed by atoms with van der Waals surface area (Å²) < 4.78 is 17.7. The van der Waals surface area contributed by atoms with Gasteiger partial charge in [0, 0.05) is 70.2 Å². The first-order valence-electron chi connectivity index (χ1n) is 31.1. The lowest BCUT2D eigenvalue weighted by atomic mass is 9.66. The minimum atomic E-state index is -0.981. The van der Waals surface area contributed by atoms with Crippen molar-refractivity contribution in [1.29, 1.82) is 0 Å². The predicted octanol–water partition coefficient (Wildman–Crippen LogP) is 24.3. The molecule has 0 bridgehead atoms. The average Bonchev–Trinajstić information content (AvgIpc) is 1.50. The van der Waals surface area contributed by atoms with Crippen molar-refractivity contribution in [2.45, 2.75) is 110 Å². The number of benzene rings is 11. The van der Waals surface area contributed by atoms with Crippen molar-refractivity contribution in [2.24, 2.45) is 0 Å². The standard InChI is InChI=1S/C83H74N2O2S/c1-79(2,3)51-31-33-54(34-32-51)83(56-40-46-72-64(48-56)63-47-55(82(10,11)12)39-45-71(63)88-72)65-50-68(85(58-25-17-14-18-26-58)60-43-37-53(38-44-60)81(7,8)9)77-74(62-28-20-22-30-70(62)86-77)75(65)76-66(83)49-67(73-61-27-19-21-29-69(61)87-78(73)76)84(57-23-15-13-16-24-57)59-41-35-52(36-42-59)80(4,5)6/h13-50H,1-12H3. The lowest BCUT2D eigenvalue weighted by Crippen LogP contribution is -2.29. The van der Waals surface area contributed by atoms with E-state index in [1.165, 1.54) is 48.0 Å². The van der Waals surface area contributed by atoms with Crippen LogP contribution < -0.4 is 9.80 Å². The molecule has 15 rings (SSSR count). The summed E-state index contributed by atoms with van der Waals surface area (Å²) in [6.45, 7) is 27.6. The molecule has 1 unspecified atom stereocenters. The molecule has 434 valence electrons. The third kappa shape index (κ3) is 8.74. The molecule has 14 aromatic rings. The van der Waals surface area contributed by atoms with Crippen LogP contribution in [0.4, 0.5) is 34.1 Å². The Morgan fingerprint density at radius 1 is 0.318 bits per heavy atom. The molecule has 0 spiro atoms. The maximum Gasteiger partial charge on any atom is 0.160 e. The number of furan rings is 2. The van der Waals surface area contributed by atoms with Gasteiger partial charge in [0.25, 0.3) is 0 Å². The highest BCUT2D eigenvalue weighted by atomic mass is 32.1. The van der Waals surface area contributed by atoms with Gasteiger partial charge in [0.2, 0.25) is 0 Å². The zero-order valence-electron chi connectivity index (χ0n) is 52.6. The average molecular weight is 1160 g/mol. The van der Waals surface area contributed by atoms with Crippen molar-refractivity contribution in [3.63, 3.8) is 0 Å². The van der Waals surface area contributed by atoms with Gasteiger partial charge in [-0.3, -0.25) is 0 Å². The van der Waals surface area contributed by atoms with Crippen LogP contribution in [0.1, 0.15) is 128 Å². The van der Waals surface area contributed by atoms with Crippen LogP contribution in [0, 0.1) is 0 Å². The van der Waals surface area contributed by atoms with Crippen molar-refractivity contribution < 1.29 is 8.83 Å². The molecular weight excluding hydrogens is 1090 g/mol. The van der Waals surface area contributed by atoms with E-state index in [2.05, 4.69) is 323 Å². The number of rotatable bonds is 8. The van der Waals surface area contributed by atoms with Crippen molar-refractivity contribution >= 4 is 110 Å². The Labute approximate surface area is 521 Å². The van der Waals surface area contributed by atoms with Gasteiger partial charge in [0.05, 0.1) is 22.2 Å². The second-order valence-electron chi connectivity index (χ2n) is 28.5. The van der Waals surface area contributed by atoms with Crippen molar-refractivity contribution in [1.82, 2.24) is 0 Å². The van der Waals surface area contributed by atoms with Crippen LogP contribution >= 0.6 is 11.3 Å². The summed E-state index contributed by atoms with van der Waals surface area (Å²) in [6, 6.07) is 86.7. The number of para-hydroxylation sites is 4. The minimum Gasteiger partial charge on any atom is -0.455 e. The van der Waals surface area contributed by atoms with Gasteiger partial charge in [-0.15, -0.1) is 11.3 Å². The molecule has 4 nitrogen and oxygen atoms in total. The van der Waals surface area contributed by atoms with Gasteiger partial charge in [0.1, 0.15) is 16.7 Å². The topological polar surface area (TPSA) is 32.8 Å². The van der Waals surface area contributed by atoms with E-state index in [1.54, 1.807) is 0 Å². The number of hydrogen-bond acceptors (Lipinski definition) is 5. The lowest BCUT2D eigenvalue weighted by Gasteiger charge is -2.36. The van der Waals surface area contributed by atoms with E-state index in [9.17, 15) is 0 Å². The van der Waals surface area contributed by atoms with Gasteiger partial charge in [-0.2, -0.15) is 0 Å². The van der Waals surface area contributed by atoms with E-state index in [1.807, 2.05) is 11.3 Å². The van der Waals surface area contributed by atoms with Gasteiger partial charge in [0.15, 0.2) is 5.58 Å². The van der Waals surface area contributed by atoms with E-state index >= 15 is 0 Å². The second-order valence-corrected chi connectivity index (χ2v) is 29.6. The molecule has 0 saturated carbocycles. The summed E-state index contributed by atoms with van der Waals surface area (Å²) >= 11 is 1.88. The number of nitrogens with zero attached hydrogens (tertiary/aromatic N) is 2. The second kappa shape index (κ2) is 19.9. The Balaban J connectivity index is 1.17. The third-order valence-corrected chi connectivity index (χ3v) is 19.9. The zero-order valence-corrected chi connectivity index (χ0v) is 53.4. The normalized spacial score (nSPS) is 14.6. The van der Waals surface area contributed by atoms with Crippen LogP contribution in [0.2, 0.25) is 0 Å². The first-order chi connectivity index (χ1) is 42.2. The quantitative estimate of drug-likeness (QED) is 0.152. The minimum absolute atomic E-state index is 0.0395. The Morgan fingerprint density at radius 2 is 0.716 bits per heavy atom.